The van der Waals surface area contributed by atoms with E-state index in [1.807, 2.05) is 186 Å². The van der Waals surface area contributed by atoms with Crippen molar-refractivity contribution in [3.63, 3.8) is 0 Å². The quantitative estimate of drug-likeness (QED) is 0.0253. The van der Waals surface area contributed by atoms with Gasteiger partial charge in [-0.2, -0.15) is 18.3 Å². The number of phenols is 4. The molecule has 0 fully saturated rings. The van der Waals surface area contributed by atoms with Crippen LogP contribution < -0.4 is 80.5 Å². The fraction of sp³-hybridized carbons (Fsp3) is 0.250. The molecule has 0 atom stereocenters. The Bertz CT molecular complexity index is 6560. The summed E-state index contributed by atoms with van der Waals surface area (Å²) in [5, 5.41) is 52.2. The minimum Gasteiger partial charge on any atom is -1.00 e. The molecule has 23 nitrogen and oxygen atoms in total. The number of fused-ring (bicyclic) bond motifs is 4. The highest BCUT2D eigenvalue weighted by Crippen LogP contribution is 2.48. The number of methoxy groups -OCH3 is 1. The Morgan fingerprint density at radius 1 is 0.627 bits per heavy atom. The number of allylic oxidation sites excluding steroid dienone is 3. The van der Waals surface area contributed by atoms with Crippen LogP contribution in [0.4, 0.5) is 34.1 Å². The van der Waals surface area contributed by atoms with Crippen molar-refractivity contribution in [1.29, 1.82) is 0 Å². The minimum atomic E-state index is -4.94. The number of ether oxygens (including phenoxy) is 1. The number of para-hydroxylation sites is 2. The maximum absolute atomic E-state index is 11.7. The second-order valence-electron chi connectivity index (χ2n) is 31.4. The van der Waals surface area contributed by atoms with Crippen molar-refractivity contribution >= 4 is 167 Å². The lowest BCUT2D eigenvalue weighted by Crippen LogP contribution is -3.00. The SMILES string of the molecule is CC(=Cc1c(C)c2c3c(c1O)CCCN3CCC2)c1sc2ccc(-c3cccs3)cc2[n+]1C.CCN(CC)c1ccc(/C=C(\C)c2scc[n+]2C)c(O)c1.CN(C)c1ccc(/C=C/C2=[N+](c3ccccc3)c3ccc(S(=O)(=O)[O-])cc3C2(C)C)c(O)c1.CO/C(=C/c1c(O)cc(N(C)C)c2ccccc12)c1cc[n+](CS(=O)(=O)[O-])c2ccccc12.[I-].[O-][Cl+3]([O-])([O-])[O-]. The van der Waals surface area contributed by atoms with Gasteiger partial charge in [0, 0.05) is 198 Å². The summed E-state index contributed by atoms with van der Waals surface area (Å²) in [6, 6.07) is 55.1. The van der Waals surface area contributed by atoms with Gasteiger partial charge in [-0.05, 0) is 181 Å². The number of halogens is 2. The molecule has 9 aromatic carbocycles. The molecule has 0 amide bonds. The third-order valence-corrected chi connectivity index (χ3v) is 27.3. The van der Waals surface area contributed by atoms with Crippen LogP contribution in [0.3, 0.4) is 0 Å². The van der Waals surface area contributed by atoms with Gasteiger partial charge in [0.1, 0.15) is 57.7 Å². The number of anilines is 4. The van der Waals surface area contributed by atoms with E-state index in [4.69, 9.17) is 23.4 Å². The smallest absolute Gasteiger partial charge is 0.265 e. The predicted octanol–water partition coefficient (Wildman–Crippen LogP) is 11.0. The van der Waals surface area contributed by atoms with Crippen molar-refractivity contribution in [1.82, 2.24) is 4.58 Å². The standard InChI is InChI=1S/C28H28N2OS2.C26H26N2O4S.C25H24N2O5S.C17H22N2OS.ClHO4.HI/c1-17(28-29(3)23-16-19(10-11-25(23)33-28)24-9-6-14-32-24)15-22-18(2)20-7-4-12-30-13-5-8-21(26(20)30)27(22)31;1-26(2)22-17-21(33(30,31)32)13-14-23(22)28(19-8-6-5-7-9-19)25(26)15-11-18-10-12-20(27(3)4)16-24(18)29;1-26(2)23-15-24(28)21(17-8-4-5-9-18(17)23)14-25(32-3)20-12-13-27(16-33(29,30)31)22-11-7-6-10-19(20)22;1-5-19(6-2)15-8-7-14(16(20)12-15)11-13(3)17-18(4)9-10-21-17;2-1(3,4)5;/h6,9-11,14-16H,4-5,7-8,12-13H2,1-3H3;5-17H,1-4H3,(H,30,31,32);4-15H,16H2,1-3H3,(H,29,30,31);7-12H,5-6H2,1-4H3;(H,2,3,4,5);1H. The zero-order valence-electron chi connectivity index (χ0n) is 72.5. The average Bonchev–Trinajstić information content (AvgIpc) is 1.58. The first kappa shape index (κ1) is 96.0. The van der Waals surface area contributed by atoms with Crippen LogP contribution in [0.5, 0.6) is 23.0 Å². The summed E-state index contributed by atoms with van der Waals surface area (Å²) in [4.78, 5) is 9.64. The van der Waals surface area contributed by atoms with Gasteiger partial charge in [0.25, 0.3) is 10.0 Å². The van der Waals surface area contributed by atoms with E-state index in [2.05, 4.69) is 118 Å². The van der Waals surface area contributed by atoms with E-state index >= 15 is 0 Å². The van der Waals surface area contributed by atoms with Crippen LogP contribution >= 0.6 is 34.0 Å². The van der Waals surface area contributed by atoms with Gasteiger partial charge in [-0.15, -0.1) is 21.6 Å². The molecule has 7 heterocycles. The minimum absolute atomic E-state index is 0. The summed E-state index contributed by atoms with van der Waals surface area (Å²) >= 11 is 5.31. The number of aromatic nitrogens is 3. The highest BCUT2D eigenvalue weighted by Gasteiger charge is 2.46. The summed E-state index contributed by atoms with van der Waals surface area (Å²) in [6.45, 7) is 18.8. The van der Waals surface area contributed by atoms with Gasteiger partial charge < -0.3 is 77.8 Å². The van der Waals surface area contributed by atoms with Crippen molar-refractivity contribution < 1.29 is 118 Å². The summed E-state index contributed by atoms with van der Waals surface area (Å²) in [7, 11) is -0.598. The van der Waals surface area contributed by atoms with Gasteiger partial charge in [0.15, 0.2) is 28.2 Å². The topological polar surface area (TPSA) is 324 Å². The Labute approximate surface area is 767 Å². The highest BCUT2D eigenvalue weighted by molar-refractivity contribution is 7.85. The first-order chi connectivity index (χ1) is 59.3. The van der Waals surface area contributed by atoms with Crippen LogP contribution in [0.15, 0.2) is 210 Å². The molecule has 4 N–H and O–H groups in total. The number of phenolic OH excluding ortho intramolecular Hbond substituents is 4. The molecule has 0 aliphatic carbocycles. The molecule has 0 saturated heterocycles. The maximum atomic E-state index is 11.7. The molecule has 0 saturated carbocycles. The van der Waals surface area contributed by atoms with Crippen LogP contribution in [0.1, 0.15) is 114 Å². The zero-order valence-corrected chi connectivity index (χ0v) is 79.5. The number of aromatic hydroxyl groups is 4. The van der Waals surface area contributed by atoms with Gasteiger partial charge in [0.05, 0.1) is 28.2 Å². The summed E-state index contributed by atoms with van der Waals surface area (Å²) in [5.41, 5.74) is 20.1. The lowest BCUT2D eigenvalue weighted by Gasteiger charge is -2.38. The van der Waals surface area contributed by atoms with Crippen molar-refractivity contribution in [2.75, 3.05) is 81.1 Å². The van der Waals surface area contributed by atoms with Crippen molar-refractivity contribution in [2.24, 2.45) is 14.1 Å². The highest BCUT2D eigenvalue weighted by atomic mass is 127. The largest absolute Gasteiger partial charge is 1.00 e. The summed E-state index contributed by atoms with van der Waals surface area (Å²) in [6.07, 6.45) is 17.8. The van der Waals surface area contributed by atoms with Crippen LogP contribution in [0, 0.1) is 17.2 Å². The lowest BCUT2D eigenvalue weighted by atomic mass is 9.81. The fourth-order valence-corrected chi connectivity index (χ4v) is 20.1. The van der Waals surface area contributed by atoms with E-state index in [0.29, 0.717) is 44.9 Å². The molecular formula is C96H102ClIN8O15S5. The van der Waals surface area contributed by atoms with Gasteiger partial charge in [-0.1, -0.05) is 89.4 Å². The molecule has 126 heavy (non-hydrogen) atoms. The molecule has 660 valence electrons. The van der Waals surface area contributed by atoms with Crippen LogP contribution in [0.25, 0.3) is 83.5 Å². The molecule has 16 rings (SSSR count). The number of benzene rings is 9. The van der Waals surface area contributed by atoms with Gasteiger partial charge >= 0.3 is 0 Å². The Kier molecular flexibility index (Phi) is 30.9. The Morgan fingerprint density at radius 2 is 1.25 bits per heavy atom. The molecule has 0 unspecified atom stereocenters. The average molecular weight is 1930 g/mol. The van der Waals surface area contributed by atoms with E-state index in [9.17, 15) is 46.4 Å². The second kappa shape index (κ2) is 40.6. The lowest BCUT2D eigenvalue weighted by molar-refractivity contribution is -2.00. The normalized spacial score (nSPS) is 13.8. The summed E-state index contributed by atoms with van der Waals surface area (Å²) < 4.78 is 118. The molecule has 13 aromatic rings. The van der Waals surface area contributed by atoms with Crippen LogP contribution in [0.2, 0.25) is 0 Å². The Hall–Kier alpha value is -10.6. The Balaban J connectivity index is 0.000000162. The van der Waals surface area contributed by atoms with Gasteiger partial charge in [-0.3, -0.25) is 0 Å². The molecule has 0 bridgehead atoms. The fourth-order valence-electron chi connectivity index (χ4n) is 16.3. The number of hydrogen-bond acceptors (Lipinski definition) is 22. The predicted molar refractivity (Wildman–Crippen MR) is 493 cm³/mol. The number of thiophene rings is 1. The molecule has 0 spiro atoms. The van der Waals surface area contributed by atoms with E-state index in [1.165, 1.54) is 88.9 Å². The van der Waals surface area contributed by atoms with E-state index in [0.717, 1.165) is 113 Å². The molecule has 3 aliphatic rings. The molecular weight excluding hydrogens is 1830 g/mol. The van der Waals surface area contributed by atoms with E-state index in [1.54, 1.807) is 71.3 Å². The number of thiazole rings is 2. The molecule has 3 aliphatic heterocycles. The zero-order chi connectivity index (χ0) is 90.3. The third kappa shape index (κ3) is 22.0. The second-order valence-corrected chi connectivity index (χ2v) is 37.8. The number of aryl methyl sites for hydroxylation is 2. The number of hydrogen-bond donors (Lipinski definition) is 4. The van der Waals surface area contributed by atoms with Crippen molar-refractivity contribution in [2.45, 2.75) is 90.3 Å². The van der Waals surface area contributed by atoms with E-state index < -0.39 is 41.8 Å². The van der Waals surface area contributed by atoms with E-state index in [-0.39, 0.29) is 40.4 Å². The van der Waals surface area contributed by atoms with Crippen LogP contribution in [-0.4, -0.2) is 114 Å². The maximum Gasteiger partial charge on any atom is 0.265 e. The molecule has 30 heteroatoms. The van der Waals surface area contributed by atoms with Crippen molar-refractivity contribution in [3.8, 4) is 33.4 Å². The first-order valence-corrected chi connectivity index (χ1v) is 47.2. The molecule has 0 radical (unpaired) electrons. The van der Waals surface area contributed by atoms with Crippen LogP contribution in [-0.2, 0) is 63.2 Å². The van der Waals surface area contributed by atoms with Gasteiger partial charge in [-0.25, -0.2) is 35.5 Å². The monoisotopic (exact) mass is 1930 g/mol. The number of rotatable bonds is 19. The summed E-state index contributed by atoms with van der Waals surface area (Å²) in [5.74, 6) is 0.925. The van der Waals surface area contributed by atoms with Crippen molar-refractivity contribution in [3.05, 3.63) is 265 Å². The molecule has 4 aromatic heterocycles. The number of pyridine rings is 1. The number of nitrogens with zero attached hydrogens (tertiary/aromatic N) is 8. The Morgan fingerprint density at radius 3 is 1.87 bits per heavy atom. The van der Waals surface area contributed by atoms with Gasteiger partial charge in [0.2, 0.25) is 28.3 Å². The first-order valence-electron chi connectivity index (χ1n) is 40.4. The third-order valence-electron chi connectivity index (χ3n) is 22.5.